The molecule has 2 aliphatic carbocycles. The zero-order chi connectivity index (χ0) is 23.4. The Bertz CT molecular complexity index is 985. The van der Waals surface area contributed by atoms with Crippen molar-refractivity contribution >= 4 is 18.0 Å². The number of ether oxygens (including phenoxy) is 1. The van der Waals surface area contributed by atoms with Crippen LogP contribution >= 0.6 is 0 Å². The third kappa shape index (κ3) is 5.18. The highest BCUT2D eigenvalue weighted by molar-refractivity contribution is 5.81. The number of carboxylic acids is 1. The zero-order valence-corrected chi connectivity index (χ0v) is 18.8. The van der Waals surface area contributed by atoms with Crippen LogP contribution in [0, 0.1) is 5.92 Å². The number of nitrogens with one attached hydrogen (secondary N) is 1. The van der Waals surface area contributed by atoms with Crippen molar-refractivity contribution in [3.8, 4) is 11.1 Å². The molecule has 2 amide bonds. The molecule has 33 heavy (non-hydrogen) atoms. The van der Waals surface area contributed by atoms with E-state index in [4.69, 9.17) is 9.84 Å². The maximum atomic E-state index is 12.4. The fourth-order valence-corrected chi connectivity index (χ4v) is 4.93. The second-order valence-corrected chi connectivity index (χ2v) is 8.92. The van der Waals surface area contributed by atoms with E-state index < -0.39 is 12.1 Å². The highest BCUT2D eigenvalue weighted by Gasteiger charge is 2.34. The van der Waals surface area contributed by atoms with Gasteiger partial charge in [0.1, 0.15) is 13.2 Å². The second kappa shape index (κ2) is 10.1. The van der Waals surface area contributed by atoms with E-state index in [0.29, 0.717) is 25.8 Å². The van der Waals surface area contributed by atoms with Crippen molar-refractivity contribution in [2.75, 3.05) is 19.7 Å². The van der Waals surface area contributed by atoms with Crippen molar-refractivity contribution in [2.45, 2.75) is 44.6 Å². The Kier molecular flexibility index (Phi) is 6.96. The van der Waals surface area contributed by atoms with E-state index in [-0.39, 0.29) is 36.9 Å². The van der Waals surface area contributed by atoms with Gasteiger partial charge in [-0.25, -0.2) is 4.79 Å². The summed E-state index contributed by atoms with van der Waals surface area (Å²) in [6, 6.07) is 16.4. The molecule has 0 atom stereocenters. The van der Waals surface area contributed by atoms with Crippen LogP contribution in [0.1, 0.15) is 49.7 Å². The Labute approximate surface area is 193 Å². The number of aliphatic carboxylic acids is 1. The molecular formula is C26H30N2O5. The Morgan fingerprint density at radius 3 is 2.21 bits per heavy atom. The number of carboxylic acid groups (broad SMARTS) is 1. The monoisotopic (exact) mass is 450 g/mol. The van der Waals surface area contributed by atoms with Crippen molar-refractivity contribution < 1.29 is 24.2 Å². The number of fused-ring (bicyclic) bond motifs is 3. The molecule has 0 unspecified atom stereocenters. The van der Waals surface area contributed by atoms with Gasteiger partial charge in [0.25, 0.3) is 0 Å². The van der Waals surface area contributed by atoms with Gasteiger partial charge < -0.3 is 20.1 Å². The number of amides is 2. The minimum atomic E-state index is -1.000. The lowest BCUT2D eigenvalue weighted by Gasteiger charge is -2.36. The van der Waals surface area contributed by atoms with Gasteiger partial charge in [-0.15, -0.1) is 0 Å². The minimum absolute atomic E-state index is 0.0162. The molecule has 0 aromatic heterocycles. The van der Waals surface area contributed by atoms with Crippen LogP contribution < -0.4 is 5.32 Å². The number of rotatable bonds is 9. The number of benzene rings is 2. The van der Waals surface area contributed by atoms with E-state index in [0.717, 1.165) is 6.42 Å². The van der Waals surface area contributed by atoms with Crippen LogP contribution in [0.2, 0.25) is 0 Å². The van der Waals surface area contributed by atoms with E-state index >= 15 is 0 Å². The molecule has 1 fully saturated rings. The van der Waals surface area contributed by atoms with E-state index in [1.54, 1.807) is 0 Å². The largest absolute Gasteiger partial charge is 0.480 e. The first kappa shape index (κ1) is 22.8. The summed E-state index contributed by atoms with van der Waals surface area (Å²) in [4.78, 5) is 37.2. The van der Waals surface area contributed by atoms with Gasteiger partial charge >= 0.3 is 12.1 Å². The molecule has 0 radical (unpaired) electrons. The molecule has 0 heterocycles. The highest BCUT2D eigenvalue weighted by atomic mass is 16.5. The first-order valence-electron chi connectivity index (χ1n) is 11.6. The predicted octanol–water partition coefficient (Wildman–Crippen LogP) is 4.02. The number of hydrogen-bond acceptors (Lipinski definition) is 4. The van der Waals surface area contributed by atoms with Crippen molar-refractivity contribution in [2.24, 2.45) is 5.92 Å². The zero-order valence-electron chi connectivity index (χ0n) is 18.8. The Balaban J connectivity index is 1.24. The predicted molar refractivity (Wildman–Crippen MR) is 124 cm³/mol. The van der Waals surface area contributed by atoms with Crippen LogP contribution in [0.4, 0.5) is 4.79 Å². The first-order chi connectivity index (χ1) is 16.0. The van der Waals surface area contributed by atoms with Crippen LogP contribution in [-0.2, 0) is 14.3 Å². The van der Waals surface area contributed by atoms with Crippen molar-refractivity contribution in [3.05, 3.63) is 59.7 Å². The van der Waals surface area contributed by atoms with E-state index in [9.17, 15) is 14.4 Å². The summed E-state index contributed by atoms with van der Waals surface area (Å²) in [6.07, 6.45) is 1.99. The molecule has 1 saturated carbocycles. The Morgan fingerprint density at radius 2 is 1.64 bits per heavy atom. The lowest BCUT2D eigenvalue weighted by Crippen LogP contribution is -2.46. The maximum Gasteiger partial charge on any atom is 0.407 e. The molecular weight excluding hydrogens is 420 g/mol. The number of hydrogen-bond donors (Lipinski definition) is 2. The summed E-state index contributed by atoms with van der Waals surface area (Å²) in [5, 5.41) is 11.9. The van der Waals surface area contributed by atoms with Crippen LogP contribution in [-0.4, -0.2) is 53.7 Å². The Hall–Kier alpha value is -3.35. The maximum absolute atomic E-state index is 12.4. The van der Waals surface area contributed by atoms with Crippen molar-refractivity contribution in [3.63, 3.8) is 0 Å². The van der Waals surface area contributed by atoms with E-state index in [1.807, 2.05) is 31.2 Å². The SMILES string of the molecule is CCCN(CC(=O)O)C(=O)CC1CC(NC(=O)OCC2c3ccccc3-c3ccccc32)C1. The molecule has 0 bridgehead atoms. The van der Waals surface area contributed by atoms with Crippen molar-refractivity contribution in [1.82, 2.24) is 10.2 Å². The van der Waals surface area contributed by atoms with Crippen LogP contribution in [0.25, 0.3) is 11.1 Å². The number of nitrogens with zero attached hydrogens (tertiary/aromatic N) is 1. The summed E-state index contributed by atoms with van der Waals surface area (Å²) >= 11 is 0. The summed E-state index contributed by atoms with van der Waals surface area (Å²) in [5.74, 6) is -0.956. The molecule has 2 aromatic rings. The van der Waals surface area contributed by atoms with Gasteiger partial charge in [-0.3, -0.25) is 9.59 Å². The quantitative estimate of drug-likeness (QED) is 0.602. The van der Waals surface area contributed by atoms with Gasteiger partial charge in [0.2, 0.25) is 5.91 Å². The lowest BCUT2D eigenvalue weighted by atomic mass is 9.78. The molecule has 4 rings (SSSR count). The molecule has 174 valence electrons. The number of alkyl carbamates (subject to hydrolysis) is 1. The van der Waals surface area contributed by atoms with Gasteiger partial charge in [0.15, 0.2) is 0 Å². The van der Waals surface area contributed by atoms with Gasteiger partial charge in [-0.1, -0.05) is 55.5 Å². The second-order valence-electron chi connectivity index (χ2n) is 8.92. The first-order valence-corrected chi connectivity index (χ1v) is 11.6. The van der Waals surface area contributed by atoms with Gasteiger partial charge in [0.05, 0.1) is 0 Å². The molecule has 0 aliphatic heterocycles. The highest BCUT2D eigenvalue weighted by Crippen LogP contribution is 2.44. The molecule has 0 saturated heterocycles. The fourth-order valence-electron chi connectivity index (χ4n) is 4.93. The fraction of sp³-hybridized carbons (Fsp3) is 0.423. The molecule has 7 nitrogen and oxygen atoms in total. The normalized spacial score (nSPS) is 18.6. The smallest absolute Gasteiger partial charge is 0.407 e. The lowest BCUT2D eigenvalue weighted by molar-refractivity contribution is -0.145. The molecule has 7 heteroatoms. The van der Waals surface area contributed by atoms with E-state index in [2.05, 4.69) is 29.6 Å². The molecule has 2 N–H and O–H groups in total. The van der Waals surface area contributed by atoms with Crippen LogP contribution in [0.5, 0.6) is 0 Å². The van der Waals surface area contributed by atoms with Gasteiger partial charge in [-0.05, 0) is 47.4 Å². The number of carbonyl (C=O) groups excluding carboxylic acids is 2. The van der Waals surface area contributed by atoms with Crippen LogP contribution in [0.15, 0.2) is 48.5 Å². The summed E-state index contributed by atoms with van der Waals surface area (Å²) in [5.41, 5.74) is 4.72. The van der Waals surface area contributed by atoms with Crippen LogP contribution in [0.3, 0.4) is 0 Å². The Morgan fingerprint density at radius 1 is 1.03 bits per heavy atom. The summed E-state index contributed by atoms with van der Waals surface area (Å²) in [6.45, 7) is 2.37. The average molecular weight is 451 g/mol. The topological polar surface area (TPSA) is 95.9 Å². The summed E-state index contributed by atoms with van der Waals surface area (Å²) in [7, 11) is 0. The third-order valence-corrected chi connectivity index (χ3v) is 6.54. The minimum Gasteiger partial charge on any atom is -0.480 e. The van der Waals surface area contributed by atoms with E-state index in [1.165, 1.54) is 27.2 Å². The molecule has 2 aromatic carbocycles. The average Bonchev–Trinajstić information content (AvgIpc) is 3.09. The summed E-state index contributed by atoms with van der Waals surface area (Å²) < 4.78 is 5.59. The van der Waals surface area contributed by atoms with Gasteiger partial charge in [-0.2, -0.15) is 0 Å². The number of carbonyl (C=O) groups is 3. The molecule has 2 aliphatic rings. The van der Waals surface area contributed by atoms with Crippen molar-refractivity contribution in [1.29, 1.82) is 0 Å². The molecule has 0 spiro atoms. The standard InChI is InChI=1S/C26H30N2O5/c1-2-11-28(15-25(30)31)24(29)14-17-12-18(13-17)27-26(32)33-16-23-21-9-5-3-7-19(21)20-8-4-6-10-22(20)23/h3-10,17-18,23H,2,11-16H2,1H3,(H,27,32)(H,30,31). The third-order valence-electron chi connectivity index (χ3n) is 6.54. The van der Waals surface area contributed by atoms with Gasteiger partial charge in [0, 0.05) is 24.9 Å².